The van der Waals surface area contributed by atoms with Crippen LogP contribution in [0.4, 0.5) is 8.78 Å². The summed E-state index contributed by atoms with van der Waals surface area (Å²) in [5.41, 5.74) is 3.03. The van der Waals surface area contributed by atoms with Crippen molar-refractivity contribution >= 4 is 10.7 Å². The van der Waals surface area contributed by atoms with E-state index in [1.165, 1.54) is 28.8 Å². The van der Waals surface area contributed by atoms with Gasteiger partial charge in [0.05, 0.1) is 11.4 Å². The van der Waals surface area contributed by atoms with Crippen molar-refractivity contribution < 1.29 is 17.2 Å². The van der Waals surface area contributed by atoms with Crippen molar-refractivity contribution in [3.8, 4) is 16.9 Å². The molecule has 1 aromatic heterocycles. The second kappa shape index (κ2) is 6.57. The molecule has 2 aromatic carbocycles. The summed E-state index contributed by atoms with van der Waals surface area (Å²) in [5, 5.41) is 0. The summed E-state index contributed by atoms with van der Waals surface area (Å²) in [6.45, 7) is 1.66. The third-order valence-corrected chi connectivity index (χ3v) is 4.39. The van der Waals surface area contributed by atoms with E-state index >= 15 is 0 Å². The Hall–Kier alpha value is -2.47. The number of halogens is 2. The Bertz CT molecular complexity index is 934. The van der Waals surface area contributed by atoms with Gasteiger partial charge in [-0.05, 0) is 48.4 Å². The van der Waals surface area contributed by atoms with Crippen molar-refractivity contribution in [3.05, 3.63) is 77.5 Å². The van der Waals surface area contributed by atoms with Crippen LogP contribution in [0.1, 0.15) is 11.1 Å². The Balaban J connectivity index is 2.08. The number of thiol groups is 1. The number of rotatable bonds is 4. The number of hydrogen-bond donors (Lipinski definition) is 1. The molecule has 3 rings (SSSR count). The Morgan fingerprint density at radius 2 is 1.58 bits per heavy atom. The van der Waals surface area contributed by atoms with Gasteiger partial charge in [0.1, 0.15) is 16.5 Å². The fourth-order valence-electron chi connectivity index (χ4n) is 2.60. The zero-order valence-corrected chi connectivity index (χ0v) is 13.8. The van der Waals surface area contributed by atoms with Crippen LogP contribution in [-0.2, 0) is 16.5 Å². The third kappa shape index (κ3) is 3.23. The first-order valence-electron chi connectivity index (χ1n) is 7.30. The summed E-state index contributed by atoms with van der Waals surface area (Å²) >= 11 is 0. The summed E-state index contributed by atoms with van der Waals surface area (Å²) in [4.78, 5) is 0. The molecule has 0 spiro atoms. The summed E-state index contributed by atoms with van der Waals surface area (Å²) < 4.78 is 50.7. The topological polar surface area (TPSA) is 39.1 Å². The molecule has 0 N–H and O–H groups in total. The monoisotopic (exact) mass is 347 g/mol. The van der Waals surface area contributed by atoms with Crippen LogP contribution in [0.3, 0.4) is 0 Å². The molecule has 3 nitrogen and oxygen atoms in total. The van der Waals surface area contributed by atoms with Gasteiger partial charge < -0.3 is 0 Å². The van der Waals surface area contributed by atoms with E-state index in [4.69, 9.17) is 0 Å². The van der Waals surface area contributed by atoms with Gasteiger partial charge in [0.25, 0.3) is 0 Å². The zero-order valence-electron chi connectivity index (χ0n) is 12.9. The second-order valence-corrected chi connectivity index (χ2v) is 6.48. The van der Waals surface area contributed by atoms with E-state index in [0.717, 1.165) is 5.56 Å². The second-order valence-electron chi connectivity index (χ2n) is 5.50. The van der Waals surface area contributed by atoms with Crippen molar-refractivity contribution in [3.63, 3.8) is 0 Å². The van der Waals surface area contributed by atoms with Crippen molar-refractivity contribution in [2.24, 2.45) is 0 Å². The molecule has 124 valence electrons. The zero-order chi connectivity index (χ0) is 17.3. The molecule has 6 heteroatoms. The molecular formula is C18H15F2NO2S. The molecule has 0 aliphatic rings. The normalized spacial score (nSPS) is 11.2. The minimum atomic E-state index is -2.49. The molecule has 0 aliphatic heterocycles. The molecule has 24 heavy (non-hydrogen) atoms. The molecule has 0 fully saturated rings. The molecule has 0 amide bonds. The quantitative estimate of drug-likeness (QED) is 0.728. The lowest BCUT2D eigenvalue weighted by atomic mass is 10.1. The summed E-state index contributed by atoms with van der Waals surface area (Å²) in [5.74, 6) is -0.828. The molecule has 0 atom stereocenters. The smallest absolute Gasteiger partial charge is 0.201 e. The molecule has 0 radical (unpaired) electrons. The van der Waals surface area contributed by atoms with Crippen LogP contribution in [0.15, 0.2) is 54.6 Å². The molecule has 0 bridgehead atoms. The Morgan fingerprint density at radius 1 is 0.958 bits per heavy atom. The number of nitrogens with zero attached hydrogens (tertiary/aromatic N) is 1. The van der Waals surface area contributed by atoms with E-state index in [-0.39, 0.29) is 11.6 Å². The predicted octanol–water partition coefficient (Wildman–Crippen LogP) is 3.84. The Labute approximate surface area is 140 Å². The van der Waals surface area contributed by atoms with Gasteiger partial charge in [-0.2, -0.15) is 4.39 Å². The summed E-state index contributed by atoms with van der Waals surface area (Å²) in [6.07, 6.45) is 0. The van der Waals surface area contributed by atoms with E-state index in [0.29, 0.717) is 22.5 Å². The minimum Gasteiger partial charge on any atom is -0.286 e. The average Bonchev–Trinajstić information content (AvgIpc) is 2.84. The van der Waals surface area contributed by atoms with Crippen LogP contribution >= 0.6 is 0 Å². The lowest BCUT2D eigenvalue weighted by Gasteiger charge is -2.11. The number of benzene rings is 2. The first kappa shape index (κ1) is 16.4. The van der Waals surface area contributed by atoms with Crippen LogP contribution in [0.25, 0.3) is 16.9 Å². The molecular weight excluding hydrogens is 332 g/mol. The highest BCUT2D eigenvalue weighted by atomic mass is 32.2. The number of aryl methyl sites for hydroxylation is 1. The lowest BCUT2D eigenvalue weighted by molar-refractivity contribution is 0.553. The highest BCUT2D eigenvalue weighted by Gasteiger charge is 2.15. The van der Waals surface area contributed by atoms with Crippen LogP contribution in [-0.4, -0.2) is 13.0 Å². The highest BCUT2D eigenvalue weighted by Crippen LogP contribution is 2.29. The molecule has 0 saturated heterocycles. The van der Waals surface area contributed by atoms with Crippen LogP contribution in [0, 0.1) is 18.7 Å². The van der Waals surface area contributed by atoms with Gasteiger partial charge in [-0.1, -0.05) is 24.3 Å². The maximum atomic E-state index is 14.5. The van der Waals surface area contributed by atoms with Crippen LogP contribution in [0.2, 0.25) is 0 Å². The van der Waals surface area contributed by atoms with E-state index in [1.54, 1.807) is 37.3 Å². The number of aromatic nitrogens is 1. The van der Waals surface area contributed by atoms with E-state index in [9.17, 15) is 17.2 Å². The van der Waals surface area contributed by atoms with Crippen LogP contribution < -0.4 is 0 Å². The van der Waals surface area contributed by atoms with Gasteiger partial charge in [0.2, 0.25) is 5.95 Å². The predicted molar refractivity (Wildman–Crippen MR) is 89.9 cm³/mol. The standard InChI is InChI=1S/C18H15F2NO2S/c1-12-10-17(14-4-2-13(3-5-14)11-24(22)23)21(18(12)20)16-8-6-15(19)7-9-16/h2-10,24H,11H2,1H3. The van der Waals surface area contributed by atoms with Crippen molar-refractivity contribution in [2.75, 3.05) is 0 Å². The molecule has 1 heterocycles. The lowest BCUT2D eigenvalue weighted by Crippen LogP contribution is -2.00. The fourth-order valence-corrected chi connectivity index (χ4v) is 3.11. The molecule has 0 saturated carbocycles. The summed E-state index contributed by atoms with van der Waals surface area (Å²) in [6, 6.07) is 14.2. The maximum Gasteiger partial charge on any atom is 0.201 e. The van der Waals surface area contributed by atoms with Gasteiger partial charge in [-0.15, -0.1) is 0 Å². The van der Waals surface area contributed by atoms with Crippen molar-refractivity contribution in [1.29, 1.82) is 0 Å². The van der Waals surface area contributed by atoms with E-state index in [1.807, 2.05) is 0 Å². The molecule has 0 unspecified atom stereocenters. The SMILES string of the molecule is Cc1cc(-c2ccc(C[SH](=O)=O)cc2)n(-c2ccc(F)cc2)c1F. The number of hydrogen-bond acceptors (Lipinski definition) is 2. The maximum absolute atomic E-state index is 14.5. The largest absolute Gasteiger partial charge is 0.286 e. The van der Waals surface area contributed by atoms with Gasteiger partial charge in [-0.25, -0.2) is 12.8 Å². The van der Waals surface area contributed by atoms with Gasteiger partial charge in [0.15, 0.2) is 0 Å². The van der Waals surface area contributed by atoms with Gasteiger partial charge in [0, 0.05) is 11.3 Å². The summed E-state index contributed by atoms with van der Waals surface area (Å²) in [7, 11) is -2.49. The Morgan fingerprint density at radius 3 is 2.17 bits per heavy atom. The average molecular weight is 347 g/mol. The fraction of sp³-hybridized carbons (Fsp3) is 0.111. The highest BCUT2D eigenvalue weighted by molar-refractivity contribution is 7.71. The molecule has 3 aromatic rings. The first-order valence-corrected chi connectivity index (χ1v) is 8.67. The van der Waals surface area contributed by atoms with Gasteiger partial charge >= 0.3 is 0 Å². The van der Waals surface area contributed by atoms with Crippen LogP contribution in [0.5, 0.6) is 0 Å². The Kier molecular flexibility index (Phi) is 4.49. The van der Waals surface area contributed by atoms with Crippen molar-refractivity contribution in [2.45, 2.75) is 12.7 Å². The van der Waals surface area contributed by atoms with E-state index in [2.05, 4.69) is 0 Å². The third-order valence-electron chi connectivity index (χ3n) is 3.76. The van der Waals surface area contributed by atoms with Gasteiger partial charge in [-0.3, -0.25) is 4.57 Å². The minimum absolute atomic E-state index is 0.0258. The van der Waals surface area contributed by atoms with E-state index < -0.39 is 16.7 Å². The molecule has 0 aliphatic carbocycles. The first-order chi connectivity index (χ1) is 11.5. The van der Waals surface area contributed by atoms with Crippen molar-refractivity contribution in [1.82, 2.24) is 4.57 Å².